The molecule has 18 heavy (non-hydrogen) atoms. The van der Waals surface area contributed by atoms with Crippen LogP contribution in [0.25, 0.3) is 21.3 Å². The van der Waals surface area contributed by atoms with Crippen molar-refractivity contribution in [2.75, 3.05) is 0 Å². The normalized spacial score (nSPS) is 10.5. The zero-order valence-electron chi connectivity index (χ0n) is 9.51. The molecule has 1 aromatic heterocycles. The fraction of sp³-hybridized carbons (Fsp3) is 0. The SMILES string of the molecule is Brc1ccc(-c2cc(-c3ccccc3)[se]n2)cc1. The summed E-state index contributed by atoms with van der Waals surface area (Å²) in [7, 11) is 0. The van der Waals surface area contributed by atoms with E-state index in [-0.39, 0.29) is 14.7 Å². The Bertz CT molecular complexity index is 644. The summed E-state index contributed by atoms with van der Waals surface area (Å²) in [5, 5.41) is 0. The molecule has 0 aliphatic carbocycles. The summed E-state index contributed by atoms with van der Waals surface area (Å²) in [6.07, 6.45) is 0. The Labute approximate surface area is 121 Å². The number of halogens is 1. The van der Waals surface area contributed by atoms with Gasteiger partial charge in [-0.05, 0) is 0 Å². The molecule has 0 aliphatic rings. The van der Waals surface area contributed by atoms with E-state index in [1.807, 2.05) is 6.07 Å². The molecule has 0 saturated heterocycles. The molecule has 3 aromatic rings. The average Bonchev–Trinajstić information content (AvgIpc) is 2.90. The van der Waals surface area contributed by atoms with E-state index in [1.165, 1.54) is 15.6 Å². The second-order valence-electron chi connectivity index (χ2n) is 3.95. The van der Waals surface area contributed by atoms with Gasteiger partial charge in [0.1, 0.15) is 0 Å². The number of hydrogen-bond donors (Lipinski definition) is 0. The minimum absolute atomic E-state index is 0.198. The van der Waals surface area contributed by atoms with E-state index in [1.54, 1.807) is 0 Å². The minimum atomic E-state index is 0.198. The molecular weight excluding hydrogens is 353 g/mol. The molecule has 0 fully saturated rings. The third-order valence-electron chi connectivity index (χ3n) is 2.71. The van der Waals surface area contributed by atoms with Crippen molar-refractivity contribution < 1.29 is 0 Å². The molecule has 1 heterocycles. The zero-order chi connectivity index (χ0) is 12.4. The van der Waals surface area contributed by atoms with Gasteiger partial charge in [0.2, 0.25) is 0 Å². The van der Waals surface area contributed by atoms with Crippen molar-refractivity contribution in [1.82, 2.24) is 3.98 Å². The summed E-state index contributed by atoms with van der Waals surface area (Å²) in [5.41, 5.74) is 3.57. The van der Waals surface area contributed by atoms with Crippen molar-refractivity contribution in [1.29, 1.82) is 0 Å². The fourth-order valence-corrected chi connectivity index (χ4v) is 3.63. The predicted octanol–water partition coefficient (Wildman–Crippen LogP) is 4.24. The fourth-order valence-electron chi connectivity index (χ4n) is 1.77. The second kappa shape index (κ2) is 5.23. The predicted molar refractivity (Wildman–Crippen MR) is 79.7 cm³/mol. The maximum absolute atomic E-state index is 4.66. The summed E-state index contributed by atoms with van der Waals surface area (Å²) in [5.74, 6) is 0. The number of rotatable bonds is 2. The Morgan fingerprint density at radius 2 is 1.56 bits per heavy atom. The molecule has 1 nitrogen and oxygen atoms in total. The number of nitrogens with zero attached hydrogens (tertiary/aromatic N) is 1. The molecule has 3 heteroatoms. The van der Waals surface area contributed by atoms with E-state index >= 15 is 0 Å². The molecule has 0 unspecified atom stereocenters. The molecule has 0 amide bonds. The Hall–Kier alpha value is -1.15. The van der Waals surface area contributed by atoms with Crippen LogP contribution in [0, 0.1) is 0 Å². The summed E-state index contributed by atoms with van der Waals surface area (Å²) in [6.45, 7) is 0. The standard InChI is InChI=1S/C15H10BrNSe/c16-13-8-6-11(7-9-13)14-10-15(18-17-14)12-4-2-1-3-5-12/h1-10H. The van der Waals surface area contributed by atoms with Gasteiger partial charge in [0, 0.05) is 0 Å². The van der Waals surface area contributed by atoms with Gasteiger partial charge in [-0.2, -0.15) is 0 Å². The van der Waals surface area contributed by atoms with E-state index < -0.39 is 0 Å². The van der Waals surface area contributed by atoms with Gasteiger partial charge >= 0.3 is 121 Å². The third kappa shape index (κ3) is 2.49. The van der Waals surface area contributed by atoms with Crippen LogP contribution < -0.4 is 0 Å². The third-order valence-corrected chi connectivity index (χ3v) is 5.00. The van der Waals surface area contributed by atoms with E-state index in [0.29, 0.717) is 0 Å². The summed E-state index contributed by atoms with van der Waals surface area (Å²) < 4.78 is 7.11. The molecule has 2 aromatic carbocycles. The van der Waals surface area contributed by atoms with Crippen molar-refractivity contribution in [3.63, 3.8) is 0 Å². The molecule has 0 radical (unpaired) electrons. The van der Waals surface area contributed by atoms with Crippen molar-refractivity contribution in [2.45, 2.75) is 0 Å². The van der Waals surface area contributed by atoms with Crippen LogP contribution in [0.3, 0.4) is 0 Å². The van der Waals surface area contributed by atoms with Crippen LogP contribution in [0.2, 0.25) is 0 Å². The van der Waals surface area contributed by atoms with Crippen LogP contribution in [0.5, 0.6) is 0 Å². The van der Waals surface area contributed by atoms with Crippen molar-refractivity contribution in [3.8, 4) is 21.3 Å². The van der Waals surface area contributed by atoms with Gasteiger partial charge in [-0.25, -0.2) is 0 Å². The summed E-state index contributed by atoms with van der Waals surface area (Å²) >= 11 is 3.65. The van der Waals surface area contributed by atoms with Crippen LogP contribution in [0.1, 0.15) is 0 Å². The van der Waals surface area contributed by atoms with Crippen LogP contribution in [-0.4, -0.2) is 18.7 Å². The van der Waals surface area contributed by atoms with Gasteiger partial charge in [0.25, 0.3) is 0 Å². The topological polar surface area (TPSA) is 12.9 Å². The first-order valence-electron chi connectivity index (χ1n) is 5.61. The van der Waals surface area contributed by atoms with Gasteiger partial charge in [-0.15, -0.1) is 0 Å². The van der Waals surface area contributed by atoms with Gasteiger partial charge < -0.3 is 0 Å². The van der Waals surface area contributed by atoms with Crippen LogP contribution in [-0.2, 0) is 0 Å². The first-order valence-corrected chi connectivity index (χ1v) is 8.02. The summed E-state index contributed by atoms with van der Waals surface area (Å²) in [4.78, 5) is 0. The monoisotopic (exact) mass is 363 g/mol. The van der Waals surface area contributed by atoms with Crippen LogP contribution in [0.4, 0.5) is 0 Å². The molecule has 0 aliphatic heterocycles. The molecule has 0 atom stereocenters. The quantitative estimate of drug-likeness (QED) is 0.621. The Kier molecular flexibility index (Phi) is 3.46. The first-order chi connectivity index (χ1) is 8.83. The molecule has 0 spiro atoms. The molecule has 0 saturated carbocycles. The Morgan fingerprint density at radius 1 is 0.833 bits per heavy atom. The van der Waals surface area contributed by atoms with Gasteiger partial charge in [-0.3, -0.25) is 0 Å². The van der Waals surface area contributed by atoms with Crippen LogP contribution in [0.15, 0.2) is 65.1 Å². The molecule has 0 bridgehead atoms. The molecule has 0 N–H and O–H groups in total. The van der Waals surface area contributed by atoms with E-state index in [4.69, 9.17) is 0 Å². The second-order valence-corrected chi connectivity index (χ2v) is 6.55. The van der Waals surface area contributed by atoms with E-state index in [2.05, 4.69) is 74.5 Å². The number of hydrogen-bond acceptors (Lipinski definition) is 1. The number of aromatic nitrogens is 1. The van der Waals surface area contributed by atoms with E-state index in [0.717, 1.165) is 10.2 Å². The summed E-state index contributed by atoms with van der Waals surface area (Å²) in [6, 6.07) is 21.0. The Morgan fingerprint density at radius 3 is 2.28 bits per heavy atom. The Balaban J connectivity index is 1.97. The number of benzene rings is 2. The zero-order valence-corrected chi connectivity index (χ0v) is 12.8. The van der Waals surface area contributed by atoms with E-state index in [9.17, 15) is 0 Å². The maximum atomic E-state index is 4.66. The first kappa shape index (κ1) is 11.9. The van der Waals surface area contributed by atoms with Gasteiger partial charge in [-0.1, -0.05) is 0 Å². The van der Waals surface area contributed by atoms with Crippen molar-refractivity contribution >= 4 is 30.7 Å². The average molecular weight is 363 g/mol. The van der Waals surface area contributed by atoms with Crippen molar-refractivity contribution in [2.24, 2.45) is 0 Å². The van der Waals surface area contributed by atoms with Gasteiger partial charge in [0.05, 0.1) is 0 Å². The van der Waals surface area contributed by atoms with Crippen molar-refractivity contribution in [3.05, 3.63) is 65.1 Å². The molecule has 3 rings (SSSR count). The molecule has 88 valence electrons. The van der Waals surface area contributed by atoms with Crippen LogP contribution >= 0.6 is 15.9 Å². The van der Waals surface area contributed by atoms with Gasteiger partial charge in [0.15, 0.2) is 0 Å². The molecular formula is C15H10BrNSe.